The number of rotatable bonds is 6. The van der Waals surface area contributed by atoms with Gasteiger partial charge in [-0.2, -0.15) is 0 Å². The Morgan fingerprint density at radius 3 is 2.23 bits per heavy atom. The minimum atomic E-state index is -1.01. The molecule has 22 heavy (non-hydrogen) atoms. The van der Waals surface area contributed by atoms with Crippen molar-refractivity contribution in [2.75, 3.05) is 0 Å². The molecule has 1 amide bonds. The van der Waals surface area contributed by atoms with Gasteiger partial charge < -0.3 is 15.0 Å². The zero-order valence-corrected chi connectivity index (χ0v) is 12.7. The Labute approximate surface area is 129 Å². The van der Waals surface area contributed by atoms with E-state index in [1.165, 1.54) is 0 Å². The monoisotopic (exact) mass is 300 g/mol. The number of carbonyl (C=O) groups is 2. The molecule has 0 spiro atoms. The van der Waals surface area contributed by atoms with Gasteiger partial charge in [0.1, 0.15) is 6.04 Å². The second kappa shape index (κ2) is 6.93. The number of hydrogen-bond acceptors (Lipinski definition) is 2. The highest BCUT2D eigenvalue weighted by atomic mass is 16.4. The van der Waals surface area contributed by atoms with Crippen LogP contribution in [0.3, 0.4) is 0 Å². The fourth-order valence-electron chi connectivity index (χ4n) is 2.23. The van der Waals surface area contributed by atoms with Crippen molar-refractivity contribution >= 4 is 11.9 Å². The molecular formula is C17H20N2O3. The summed E-state index contributed by atoms with van der Waals surface area (Å²) in [6.07, 6.45) is 4.23. The molecule has 116 valence electrons. The summed E-state index contributed by atoms with van der Waals surface area (Å²) in [6, 6.07) is 10.0. The maximum atomic E-state index is 12.2. The second-order valence-corrected chi connectivity index (χ2v) is 5.63. The molecule has 1 aromatic carbocycles. The van der Waals surface area contributed by atoms with Crippen LogP contribution in [-0.2, 0) is 4.79 Å². The first-order chi connectivity index (χ1) is 10.5. The van der Waals surface area contributed by atoms with Gasteiger partial charge in [0.25, 0.3) is 5.91 Å². The van der Waals surface area contributed by atoms with E-state index in [4.69, 9.17) is 5.11 Å². The predicted octanol–water partition coefficient (Wildman–Crippen LogP) is 2.71. The smallest absolute Gasteiger partial charge is 0.326 e. The van der Waals surface area contributed by atoms with Crippen LogP contribution in [0.25, 0.3) is 5.69 Å². The summed E-state index contributed by atoms with van der Waals surface area (Å²) in [5.41, 5.74) is 1.39. The van der Waals surface area contributed by atoms with E-state index in [1.54, 1.807) is 12.1 Å². The summed E-state index contributed by atoms with van der Waals surface area (Å²) in [7, 11) is 0. The van der Waals surface area contributed by atoms with Crippen LogP contribution in [0.1, 0.15) is 30.6 Å². The van der Waals surface area contributed by atoms with Crippen LogP contribution in [0.5, 0.6) is 0 Å². The van der Waals surface area contributed by atoms with Crippen molar-refractivity contribution in [3.63, 3.8) is 0 Å². The number of benzene rings is 1. The molecule has 0 aliphatic rings. The van der Waals surface area contributed by atoms with Gasteiger partial charge in [0, 0.05) is 23.6 Å². The largest absolute Gasteiger partial charge is 0.480 e. The van der Waals surface area contributed by atoms with Gasteiger partial charge in [-0.1, -0.05) is 13.8 Å². The van der Waals surface area contributed by atoms with E-state index in [0.717, 1.165) is 5.69 Å². The first-order valence-electron chi connectivity index (χ1n) is 7.24. The molecule has 0 saturated heterocycles. The summed E-state index contributed by atoms with van der Waals surface area (Å²) in [5, 5.41) is 11.7. The van der Waals surface area contributed by atoms with E-state index in [9.17, 15) is 9.59 Å². The molecule has 0 aliphatic heterocycles. The van der Waals surface area contributed by atoms with Crippen LogP contribution in [0, 0.1) is 5.92 Å². The fraction of sp³-hybridized carbons (Fsp3) is 0.294. The predicted molar refractivity (Wildman–Crippen MR) is 84.1 cm³/mol. The van der Waals surface area contributed by atoms with E-state index >= 15 is 0 Å². The summed E-state index contributed by atoms with van der Waals surface area (Å²) in [6.45, 7) is 3.85. The Hall–Kier alpha value is -2.56. The van der Waals surface area contributed by atoms with Gasteiger partial charge >= 0.3 is 5.97 Å². The number of aromatic nitrogens is 1. The van der Waals surface area contributed by atoms with Gasteiger partial charge in [0.05, 0.1) is 0 Å². The first kappa shape index (κ1) is 15.8. The van der Waals surface area contributed by atoms with Gasteiger partial charge in [0.15, 0.2) is 0 Å². The van der Waals surface area contributed by atoms with Gasteiger partial charge in [0.2, 0.25) is 0 Å². The highest BCUT2D eigenvalue weighted by molar-refractivity contribution is 5.96. The van der Waals surface area contributed by atoms with Crippen molar-refractivity contribution in [2.24, 2.45) is 5.92 Å². The molecule has 5 heteroatoms. The molecule has 5 nitrogen and oxygen atoms in total. The number of aliphatic carboxylic acids is 1. The summed E-state index contributed by atoms with van der Waals surface area (Å²) >= 11 is 0. The van der Waals surface area contributed by atoms with Crippen LogP contribution in [0.2, 0.25) is 0 Å². The molecule has 0 radical (unpaired) electrons. The van der Waals surface area contributed by atoms with Crippen molar-refractivity contribution in [2.45, 2.75) is 26.3 Å². The van der Waals surface area contributed by atoms with Crippen LogP contribution < -0.4 is 5.32 Å². The molecular weight excluding hydrogens is 280 g/mol. The molecule has 2 N–H and O–H groups in total. The van der Waals surface area contributed by atoms with E-state index < -0.39 is 12.0 Å². The van der Waals surface area contributed by atoms with Gasteiger partial charge in [-0.3, -0.25) is 4.79 Å². The van der Waals surface area contributed by atoms with Crippen molar-refractivity contribution in [3.05, 3.63) is 54.4 Å². The average molecular weight is 300 g/mol. The zero-order chi connectivity index (χ0) is 16.1. The average Bonchev–Trinajstić information content (AvgIpc) is 3.00. The number of hydrogen-bond donors (Lipinski definition) is 2. The van der Waals surface area contributed by atoms with Gasteiger partial charge in [-0.05, 0) is 48.7 Å². The molecule has 1 atom stereocenters. The summed E-state index contributed by atoms with van der Waals surface area (Å²) in [4.78, 5) is 23.4. The Balaban J connectivity index is 2.07. The summed E-state index contributed by atoms with van der Waals surface area (Å²) < 4.78 is 1.93. The Kier molecular flexibility index (Phi) is 4.99. The highest BCUT2D eigenvalue weighted by Gasteiger charge is 2.21. The number of carbonyl (C=O) groups excluding carboxylic acids is 1. The lowest BCUT2D eigenvalue weighted by molar-refractivity contribution is -0.139. The first-order valence-corrected chi connectivity index (χ1v) is 7.24. The third-order valence-electron chi connectivity index (χ3n) is 3.34. The maximum Gasteiger partial charge on any atom is 0.326 e. The molecule has 1 unspecified atom stereocenters. The Bertz CT molecular complexity index is 630. The number of carboxylic acid groups (broad SMARTS) is 1. The molecule has 1 heterocycles. The number of carboxylic acids is 1. The maximum absolute atomic E-state index is 12.2. The molecule has 2 aromatic rings. The quantitative estimate of drug-likeness (QED) is 0.861. The fourth-order valence-corrected chi connectivity index (χ4v) is 2.23. The van der Waals surface area contributed by atoms with E-state index in [2.05, 4.69) is 5.32 Å². The van der Waals surface area contributed by atoms with Crippen molar-refractivity contribution in [1.82, 2.24) is 9.88 Å². The van der Waals surface area contributed by atoms with E-state index in [0.29, 0.717) is 12.0 Å². The van der Waals surface area contributed by atoms with Crippen LogP contribution in [0.4, 0.5) is 0 Å². The zero-order valence-electron chi connectivity index (χ0n) is 12.7. The van der Waals surface area contributed by atoms with Gasteiger partial charge in [-0.15, -0.1) is 0 Å². The number of amides is 1. The van der Waals surface area contributed by atoms with Crippen molar-refractivity contribution in [1.29, 1.82) is 0 Å². The molecule has 0 saturated carbocycles. The topological polar surface area (TPSA) is 71.3 Å². The number of nitrogens with one attached hydrogen (secondary N) is 1. The van der Waals surface area contributed by atoms with Crippen LogP contribution in [-0.4, -0.2) is 27.6 Å². The van der Waals surface area contributed by atoms with Crippen LogP contribution >= 0.6 is 0 Å². The SMILES string of the molecule is CC(C)CC(NC(=O)c1ccc(-n2cccc2)cc1)C(=O)O. The highest BCUT2D eigenvalue weighted by Crippen LogP contribution is 2.11. The van der Waals surface area contributed by atoms with Crippen LogP contribution in [0.15, 0.2) is 48.8 Å². The molecule has 0 bridgehead atoms. The van der Waals surface area contributed by atoms with Gasteiger partial charge in [-0.25, -0.2) is 4.79 Å². The molecule has 0 aliphatic carbocycles. The number of nitrogens with zero attached hydrogens (tertiary/aromatic N) is 1. The van der Waals surface area contributed by atoms with E-state index in [-0.39, 0.29) is 11.8 Å². The Morgan fingerprint density at radius 2 is 1.73 bits per heavy atom. The van der Waals surface area contributed by atoms with Crippen molar-refractivity contribution in [3.8, 4) is 5.69 Å². The normalized spacial score (nSPS) is 12.1. The lowest BCUT2D eigenvalue weighted by Gasteiger charge is -2.16. The second-order valence-electron chi connectivity index (χ2n) is 5.63. The summed E-state index contributed by atoms with van der Waals surface area (Å²) in [5.74, 6) is -1.18. The lowest BCUT2D eigenvalue weighted by Crippen LogP contribution is -2.41. The minimum absolute atomic E-state index is 0.192. The lowest BCUT2D eigenvalue weighted by atomic mass is 10.0. The van der Waals surface area contributed by atoms with Crippen molar-refractivity contribution < 1.29 is 14.7 Å². The van der Waals surface area contributed by atoms with E-state index in [1.807, 2.05) is 55.1 Å². The molecule has 1 aromatic heterocycles. The molecule has 2 rings (SSSR count). The Morgan fingerprint density at radius 1 is 1.14 bits per heavy atom. The standard InChI is InChI=1S/C17H20N2O3/c1-12(2)11-15(17(21)22)18-16(20)13-5-7-14(8-6-13)19-9-3-4-10-19/h3-10,12,15H,11H2,1-2H3,(H,18,20)(H,21,22). The minimum Gasteiger partial charge on any atom is -0.480 e. The third-order valence-corrected chi connectivity index (χ3v) is 3.34. The molecule has 0 fully saturated rings. The third kappa shape index (κ3) is 3.97.